The Bertz CT molecular complexity index is 798. The van der Waals surface area contributed by atoms with Gasteiger partial charge in [0.1, 0.15) is 11.5 Å². The first-order valence-electron chi connectivity index (χ1n) is 7.04. The zero-order valence-corrected chi connectivity index (χ0v) is 12.1. The molecule has 3 rings (SSSR count). The minimum absolute atomic E-state index is 0.0717. The molecular weight excluding hydrogens is 280 g/mol. The van der Waals surface area contributed by atoms with E-state index in [0.29, 0.717) is 24.2 Å². The molecule has 3 N–H and O–H groups in total. The Hall–Kier alpha value is -2.89. The number of Topliss-reactive ketones (excluding diaryl/α,β-unsaturated/α-hetero) is 1. The molecule has 112 valence electrons. The zero-order chi connectivity index (χ0) is 15.5. The third-order valence-corrected chi connectivity index (χ3v) is 3.42. The lowest BCUT2D eigenvalue weighted by atomic mass is 10.2. The second-order valence-corrected chi connectivity index (χ2v) is 5.06. The number of aromatic amines is 2. The fourth-order valence-corrected chi connectivity index (χ4v) is 2.24. The number of hydrogen-bond acceptors (Lipinski definition) is 3. The van der Waals surface area contributed by atoms with Gasteiger partial charge in [0.25, 0.3) is 5.91 Å². The van der Waals surface area contributed by atoms with Crippen LogP contribution in [0, 0.1) is 0 Å². The highest BCUT2D eigenvalue weighted by molar-refractivity contribution is 5.99. The second-order valence-electron chi connectivity index (χ2n) is 5.06. The molecule has 1 aromatic carbocycles. The molecule has 2 heterocycles. The number of fused-ring (bicyclic) bond motifs is 1. The van der Waals surface area contributed by atoms with E-state index < -0.39 is 0 Å². The van der Waals surface area contributed by atoms with E-state index in [2.05, 4.69) is 20.3 Å². The number of nitrogens with zero attached hydrogens (tertiary/aromatic N) is 1. The van der Waals surface area contributed by atoms with E-state index in [9.17, 15) is 9.59 Å². The van der Waals surface area contributed by atoms with Crippen LogP contribution in [0.4, 0.5) is 0 Å². The summed E-state index contributed by atoms with van der Waals surface area (Å²) in [4.78, 5) is 33.6. The van der Waals surface area contributed by atoms with Crippen LogP contribution in [-0.4, -0.2) is 33.2 Å². The number of aromatic nitrogens is 3. The molecule has 2 aromatic heterocycles. The molecule has 1 amide bonds. The predicted octanol–water partition coefficient (Wildman–Crippen LogP) is 2.07. The third-order valence-electron chi connectivity index (χ3n) is 3.42. The quantitative estimate of drug-likeness (QED) is 0.629. The van der Waals surface area contributed by atoms with Gasteiger partial charge in [-0.05, 0) is 25.1 Å². The maximum atomic E-state index is 12.0. The number of carbonyl (C=O) groups excluding carboxylic acids is 2. The number of imidazole rings is 1. The number of benzene rings is 1. The Kier molecular flexibility index (Phi) is 3.74. The molecule has 0 bridgehead atoms. The van der Waals surface area contributed by atoms with E-state index >= 15 is 0 Å². The highest BCUT2D eigenvalue weighted by Crippen LogP contribution is 2.10. The van der Waals surface area contributed by atoms with Crippen molar-refractivity contribution in [1.29, 1.82) is 0 Å². The molecule has 0 saturated heterocycles. The van der Waals surface area contributed by atoms with Gasteiger partial charge in [-0.1, -0.05) is 12.1 Å². The molecule has 0 aliphatic rings. The summed E-state index contributed by atoms with van der Waals surface area (Å²) in [5.41, 5.74) is 2.79. The van der Waals surface area contributed by atoms with Gasteiger partial charge in [0, 0.05) is 24.7 Å². The minimum atomic E-state index is -0.233. The third kappa shape index (κ3) is 2.90. The summed E-state index contributed by atoms with van der Waals surface area (Å²) in [7, 11) is 0. The lowest BCUT2D eigenvalue weighted by molar-refractivity contribution is 0.0949. The largest absolute Gasteiger partial charge is 0.356 e. The average molecular weight is 296 g/mol. The summed E-state index contributed by atoms with van der Waals surface area (Å²) in [6.07, 6.45) is 2.15. The Balaban J connectivity index is 1.57. The number of amides is 1. The van der Waals surface area contributed by atoms with Gasteiger partial charge in [-0.25, -0.2) is 4.98 Å². The maximum absolute atomic E-state index is 12.0. The Labute approximate surface area is 127 Å². The van der Waals surface area contributed by atoms with Crippen molar-refractivity contribution in [1.82, 2.24) is 20.3 Å². The standard InChI is InChI=1S/C16H16N4O2/c1-10(21)11-8-14(18-9-11)16(22)17-7-6-15-19-12-4-2-3-5-13(12)20-15/h2-5,8-9,18H,6-7H2,1H3,(H,17,22)(H,19,20). The van der Waals surface area contributed by atoms with Gasteiger partial charge in [-0.15, -0.1) is 0 Å². The van der Waals surface area contributed by atoms with Crippen molar-refractivity contribution in [2.24, 2.45) is 0 Å². The first-order valence-corrected chi connectivity index (χ1v) is 7.04. The van der Waals surface area contributed by atoms with Crippen LogP contribution in [0.3, 0.4) is 0 Å². The molecule has 0 atom stereocenters. The predicted molar refractivity (Wildman–Crippen MR) is 82.9 cm³/mol. The molecule has 0 spiro atoms. The molecule has 0 saturated carbocycles. The Morgan fingerprint density at radius 3 is 2.82 bits per heavy atom. The molecular formula is C16H16N4O2. The summed E-state index contributed by atoms with van der Waals surface area (Å²) in [5.74, 6) is 0.526. The van der Waals surface area contributed by atoms with Gasteiger partial charge in [-0.2, -0.15) is 0 Å². The van der Waals surface area contributed by atoms with Crippen molar-refractivity contribution < 1.29 is 9.59 Å². The lowest BCUT2D eigenvalue weighted by Gasteiger charge is -2.01. The van der Waals surface area contributed by atoms with E-state index in [-0.39, 0.29) is 11.7 Å². The van der Waals surface area contributed by atoms with Crippen molar-refractivity contribution in [2.45, 2.75) is 13.3 Å². The number of H-pyrrole nitrogens is 2. The van der Waals surface area contributed by atoms with Gasteiger partial charge in [0.2, 0.25) is 0 Å². The topological polar surface area (TPSA) is 90.6 Å². The van der Waals surface area contributed by atoms with Gasteiger partial charge in [-0.3, -0.25) is 9.59 Å². The molecule has 3 aromatic rings. The monoisotopic (exact) mass is 296 g/mol. The second kappa shape index (κ2) is 5.85. The summed E-state index contributed by atoms with van der Waals surface area (Å²) >= 11 is 0. The summed E-state index contributed by atoms with van der Waals surface area (Å²) in [5, 5.41) is 2.80. The molecule has 22 heavy (non-hydrogen) atoms. The van der Waals surface area contributed by atoms with E-state index in [0.717, 1.165) is 16.9 Å². The molecule has 0 radical (unpaired) electrons. The smallest absolute Gasteiger partial charge is 0.267 e. The van der Waals surface area contributed by atoms with E-state index in [1.54, 1.807) is 6.07 Å². The molecule has 6 nitrogen and oxygen atoms in total. The van der Waals surface area contributed by atoms with Crippen molar-refractivity contribution in [2.75, 3.05) is 6.54 Å². The lowest BCUT2D eigenvalue weighted by Crippen LogP contribution is -2.26. The van der Waals surface area contributed by atoms with Crippen LogP contribution in [0.25, 0.3) is 11.0 Å². The first-order chi connectivity index (χ1) is 10.6. The van der Waals surface area contributed by atoms with Crippen LogP contribution < -0.4 is 5.32 Å². The van der Waals surface area contributed by atoms with Crippen LogP contribution >= 0.6 is 0 Å². The number of ketones is 1. The van der Waals surface area contributed by atoms with Crippen molar-refractivity contribution in [3.05, 3.63) is 53.6 Å². The minimum Gasteiger partial charge on any atom is -0.356 e. The molecule has 0 unspecified atom stereocenters. The zero-order valence-electron chi connectivity index (χ0n) is 12.1. The van der Waals surface area contributed by atoms with Crippen molar-refractivity contribution >= 4 is 22.7 Å². The van der Waals surface area contributed by atoms with Gasteiger partial charge >= 0.3 is 0 Å². The maximum Gasteiger partial charge on any atom is 0.267 e. The van der Waals surface area contributed by atoms with Crippen molar-refractivity contribution in [3.63, 3.8) is 0 Å². The fourth-order valence-electron chi connectivity index (χ4n) is 2.24. The van der Waals surface area contributed by atoms with Gasteiger partial charge in [0.05, 0.1) is 11.0 Å². The van der Waals surface area contributed by atoms with E-state index in [1.165, 1.54) is 13.1 Å². The Morgan fingerprint density at radius 1 is 1.27 bits per heavy atom. The van der Waals surface area contributed by atoms with E-state index in [4.69, 9.17) is 0 Å². The number of carbonyl (C=O) groups is 2. The summed E-state index contributed by atoms with van der Waals surface area (Å²) < 4.78 is 0. The van der Waals surface area contributed by atoms with Crippen LogP contribution in [0.5, 0.6) is 0 Å². The highest BCUT2D eigenvalue weighted by Gasteiger charge is 2.10. The van der Waals surface area contributed by atoms with Crippen molar-refractivity contribution in [3.8, 4) is 0 Å². The van der Waals surface area contributed by atoms with Gasteiger partial charge < -0.3 is 15.3 Å². The highest BCUT2D eigenvalue weighted by atomic mass is 16.2. The number of rotatable bonds is 5. The summed E-state index contributed by atoms with van der Waals surface area (Å²) in [6, 6.07) is 9.35. The van der Waals surface area contributed by atoms with Crippen LogP contribution in [0.2, 0.25) is 0 Å². The average Bonchev–Trinajstić information content (AvgIpc) is 3.13. The Morgan fingerprint density at radius 2 is 2.09 bits per heavy atom. The van der Waals surface area contributed by atoms with E-state index in [1.807, 2.05) is 24.3 Å². The fraction of sp³-hybridized carbons (Fsp3) is 0.188. The number of nitrogens with one attached hydrogen (secondary N) is 3. The normalized spacial score (nSPS) is 10.8. The summed E-state index contributed by atoms with van der Waals surface area (Å²) in [6.45, 7) is 1.93. The first kappa shape index (κ1) is 14.1. The van der Waals surface area contributed by atoms with Crippen LogP contribution in [-0.2, 0) is 6.42 Å². The number of para-hydroxylation sites is 2. The molecule has 6 heteroatoms. The molecule has 0 fully saturated rings. The molecule has 0 aliphatic carbocycles. The number of hydrogen-bond donors (Lipinski definition) is 3. The molecule has 0 aliphatic heterocycles. The van der Waals surface area contributed by atoms with Crippen LogP contribution in [0.1, 0.15) is 33.6 Å². The van der Waals surface area contributed by atoms with Gasteiger partial charge in [0.15, 0.2) is 5.78 Å². The SMILES string of the molecule is CC(=O)c1c[nH]c(C(=O)NCCc2nc3ccccc3[nH]2)c1. The van der Waals surface area contributed by atoms with Crippen LogP contribution in [0.15, 0.2) is 36.5 Å².